The van der Waals surface area contributed by atoms with Gasteiger partial charge in [0.1, 0.15) is 11.3 Å². The molecule has 4 nitrogen and oxygen atoms in total. The SMILES string of the molecule is COc1ccc(-c2nc3cnccc3o2)cc1Br. The molecule has 90 valence electrons. The Bertz CT molecular complexity index is 676. The average Bonchev–Trinajstić information content (AvgIpc) is 2.82. The third-order valence-corrected chi connectivity index (χ3v) is 3.21. The molecule has 0 aliphatic rings. The molecule has 0 fully saturated rings. The van der Waals surface area contributed by atoms with Crippen LogP contribution in [0.15, 0.2) is 45.5 Å². The van der Waals surface area contributed by atoms with E-state index >= 15 is 0 Å². The van der Waals surface area contributed by atoms with E-state index in [1.807, 2.05) is 18.2 Å². The van der Waals surface area contributed by atoms with Gasteiger partial charge in [-0.15, -0.1) is 0 Å². The summed E-state index contributed by atoms with van der Waals surface area (Å²) in [7, 11) is 1.63. The number of methoxy groups -OCH3 is 1. The van der Waals surface area contributed by atoms with Gasteiger partial charge in [-0.2, -0.15) is 0 Å². The molecular weight excluding hydrogens is 296 g/mol. The highest BCUT2D eigenvalue weighted by molar-refractivity contribution is 9.10. The van der Waals surface area contributed by atoms with E-state index in [0.29, 0.717) is 5.89 Å². The number of hydrogen-bond acceptors (Lipinski definition) is 4. The Labute approximate surface area is 112 Å². The van der Waals surface area contributed by atoms with Gasteiger partial charge < -0.3 is 9.15 Å². The number of nitrogens with zero attached hydrogens (tertiary/aromatic N) is 2. The van der Waals surface area contributed by atoms with Crippen LogP contribution in [0, 0.1) is 0 Å². The van der Waals surface area contributed by atoms with Crippen molar-refractivity contribution in [2.75, 3.05) is 7.11 Å². The lowest BCUT2D eigenvalue weighted by molar-refractivity contribution is 0.412. The van der Waals surface area contributed by atoms with Crippen LogP contribution < -0.4 is 4.74 Å². The van der Waals surface area contributed by atoms with E-state index in [2.05, 4.69) is 25.9 Å². The van der Waals surface area contributed by atoms with Gasteiger partial charge in [0.25, 0.3) is 0 Å². The standard InChI is InChI=1S/C13H9BrN2O2/c1-17-11-3-2-8(6-9(11)14)13-16-10-7-15-5-4-12(10)18-13/h2-7H,1H3. The van der Waals surface area contributed by atoms with E-state index in [9.17, 15) is 0 Å². The Morgan fingerprint density at radius 2 is 2.17 bits per heavy atom. The highest BCUT2D eigenvalue weighted by atomic mass is 79.9. The second-order valence-electron chi connectivity index (χ2n) is 3.71. The molecule has 0 saturated heterocycles. The molecule has 0 radical (unpaired) electrons. The van der Waals surface area contributed by atoms with Gasteiger partial charge in [-0.25, -0.2) is 4.98 Å². The summed E-state index contributed by atoms with van der Waals surface area (Å²) in [6.07, 6.45) is 3.36. The first-order chi connectivity index (χ1) is 8.78. The van der Waals surface area contributed by atoms with Crippen molar-refractivity contribution in [2.45, 2.75) is 0 Å². The maximum Gasteiger partial charge on any atom is 0.227 e. The van der Waals surface area contributed by atoms with E-state index in [1.54, 1.807) is 25.6 Å². The number of oxazole rings is 1. The van der Waals surface area contributed by atoms with Gasteiger partial charge in [0.2, 0.25) is 5.89 Å². The molecule has 0 N–H and O–H groups in total. The van der Waals surface area contributed by atoms with Crippen molar-refractivity contribution in [3.8, 4) is 17.2 Å². The third-order valence-electron chi connectivity index (χ3n) is 2.59. The van der Waals surface area contributed by atoms with Crippen LogP contribution in [0.5, 0.6) is 5.75 Å². The fourth-order valence-electron chi connectivity index (χ4n) is 1.70. The Kier molecular flexibility index (Phi) is 2.76. The Morgan fingerprint density at radius 3 is 2.89 bits per heavy atom. The molecule has 3 rings (SSSR count). The van der Waals surface area contributed by atoms with Crippen LogP contribution in [0.1, 0.15) is 0 Å². The lowest BCUT2D eigenvalue weighted by Gasteiger charge is -2.03. The molecule has 0 amide bonds. The summed E-state index contributed by atoms with van der Waals surface area (Å²) in [6, 6.07) is 7.48. The highest BCUT2D eigenvalue weighted by Crippen LogP contribution is 2.31. The van der Waals surface area contributed by atoms with Crippen molar-refractivity contribution >= 4 is 27.0 Å². The van der Waals surface area contributed by atoms with Crippen LogP contribution in [0.4, 0.5) is 0 Å². The van der Waals surface area contributed by atoms with Crippen molar-refractivity contribution < 1.29 is 9.15 Å². The van der Waals surface area contributed by atoms with E-state index in [0.717, 1.165) is 26.9 Å². The predicted molar refractivity (Wildman–Crippen MR) is 71.5 cm³/mol. The van der Waals surface area contributed by atoms with Crippen molar-refractivity contribution in [2.24, 2.45) is 0 Å². The molecule has 0 atom stereocenters. The number of fused-ring (bicyclic) bond motifs is 1. The van der Waals surface area contributed by atoms with E-state index < -0.39 is 0 Å². The van der Waals surface area contributed by atoms with Crippen LogP contribution in [-0.2, 0) is 0 Å². The van der Waals surface area contributed by atoms with Crippen molar-refractivity contribution in [1.82, 2.24) is 9.97 Å². The topological polar surface area (TPSA) is 48.2 Å². The van der Waals surface area contributed by atoms with E-state index in [-0.39, 0.29) is 0 Å². The minimum Gasteiger partial charge on any atom is -0.496 e. The summed E-state index contributed by atoms with van der Waals surface area (Å²) in [5.41, 5.74) is 2.37. The van der Waals surface area contributed by atoms with E-state index in [4.69, 9.17) is 9.15 Å². The van der Waals surface area contributed by atoms with E-state index in [1.165, 1.54) is 0 Å². The van der Waals surface area contributed by atoms with Crippen LogP contribution in [0.25, 0.3) is 22.6 Å². The smallest absolute Gasteiger partial charge is 0.227 e. The zero-order chi connectivity index (χ0) is 12.5. The quantitative estimate of drug-likeness (QED) is 0.725. The average molecular weight is 305 g/mol. The summed E-state index contributed by atoms with van der Waals surface area (Å²) in [6.45, 7) is 0. The first kappa shape index (κ1) is 11.2. The number of rotatable bonds is 2. The van der Waals surface area contributed by atoms with Gasteiger partial charge >= 0.3 is 0 Å². The molecular formula is C13H9BrN2O2. The molecule has 18 heavy (non-hydrogen) atoms. The van der Waals surface area contributed by atoms with Gasteiger partial charge in [0.15, 0.2) is 5.58 Å². The van der Waals surface area contributed by atoms with Crippen LogP contribution >= 0.6 is 15.9 Å². The number of halogens is 1. The second-order valence-corrected chi connectivity index (χ2v) is 4.57. The maximum absolute atomic E-state index is 5.67. The molecule has 3 aromatic rings. The zero-order valence-electron chi connectivity index (χ0n) is 9.55. The fourth-order valence-corrected chi connectivity index (χ4v) is 2.24. The van der Waals surface area contributed by atoms with Gasteiger partial charge in [0, 0.05) is 17.8 Å². The monoisotopic (exact) mass is 304 g/mol. The summed E-state index contributed by atoms with van der Waals surface area (Å²) in [5, 5.41) is 0. The van der Waals surface area contributed by atoms with Gasteiger partial charge in [-0.1, -0.05) is 0 Å². The highest BCUT2D eigenvalue weighted by Gasteiger charge is 2.10. The number of pyridine rings is 1. The summed E-state index contributed by atoms with van der Waals surface area (Å²) in [5.74, 6) is 1.35. The van der Waals surface area contributed by atoms with Crippen molar-refractivity contribution in [3.05, 3.63) is 41.1 Å². The minimum atomic E-state index is 0.571. The summed E-state index contributed by atoms with van der Waals surface area (Å²) >= 11 is 3.44. The number of benzene rings is 1. The van der Waals surface area contributed by atoms with Crippen LogP contribution in [-0.4, -0.2) is 17.1 Å². The summed E-state index contributed by atoms with van der Waals surface area (Å²) in [4.78, 5) is 8.40. The Balaban J connectivity index is 2.11. The molecule has 0 aliphatic heterocycles. The Morgan fingerprint density at radius 1 is 1.28 bits per heavy atom. The largest absolute Gasteiger partial charge is 0.496 e. The van der Waals surface area contributed by atoms with Gasteiger partial charge in [0.05, 0.1) is 17.8 Å². The number of hydrogen-bond donors (Lipinski definition) is 0. The molecule has 0 bridgehead atoms. The van der Waals surface area contributed by atoms with Crippen molar-refractivity contribution in [3.63, 3.8) is 0 Å². The maximum atomic E-state index is 5.67. The van der Waals surface area contributed by atoms with Crippen LogP contribution in [0.2, 0.25) is 0 Å². The first-order valence-electron chi connectivity index (χ1n) is 5.32. The molecule has 2 aromatic heterocycles. The predicted octanol–water partition coefficient (Wildman–Crippen LogP) is 3.66. The first-order valence-corrected chi connectivity index (χ1v) is 6.11. The van der Waals surface area contributed by atoms with Gasteiger partial charge in [-0.05, 0) is 34.1 Å². The molecule has 5 heteroatoms. The van der Waals surface area contributed by atoms with Crippen molar-refractivity contribution in [1.29, 1.82) is 0 Å². The molecule has 2 heterocycles. The fraction of sp³-hybridized carbons (Fsp3) is 0.0769. The Hall–Kier alpha value is -1.88. The third kappa shape index (κ3) is 1.86. The second kappa shape index (κ2) is 4.42. The molecule has 0 saturated carbocycles. The van der Waals surface area contributed by atoms with Crippen LogP contribution in [0.3, 0.4) is 0 Å². The lowest BCUT2D eigenvalue weighted by Crippen LogP contribution is -1.85. The zero-order valence-corrected chi connectivity index (χ0v) is 11.1. The van der Waals surface area contributed by atoms with Gasteiger partial charge in [-0.3, -0.25) is 4.98 Å². The number of ether oxygens (including phenoxy) is 1. The molecule has 0 unspecified atom stereocenters. The molecule has 1 aromatic carbocycles. The molecule has 0 spiro atoms. The normalized spacial score (nSPS) is 10.8. The minimum absolute atomic E-state index is 0.571. The number of aromatic nitrogens is 2. The molecule has 0 aliphatic carbocycles. The summed E-state index contributed by atoms with van der Waals surface area (Å²) < 4.78 is 11.7. The lowest BCUT2D eigenvalue weighted by atomic mass is 10.2.